The molecule has 2 fully saturated rings. The lowest BCUT2D eigenvalue weighted by Crippen LogP contribution is -2.48. The highest BCUT2D eigenvalue weighted by atomic mass is 16.5. The van der Waals surface area contributed by atoms with Crippen molar-refractivity contribution in [3.8, 4) is 0 Å². The molecule has 3 atom stereocenters. The average molecular weight is 241 g/mol. The average Bonchev–Trinajstić information content (AvgIpc) is 2.81. The van der Waals surface area contributed by atoms with Crippen LogP contribution in [0.5, 0.6) is 0 Å². The van der Waals surface area contributed by atoms with Crippen molar-refractivity contribution < 1.29 is 19.4 Å². The Morgan fingerprint density at radius 3 is 2.47 bits per heavy atom. The van der Waals surface area contributed by atoms with Crippen molar-refractivity contribution in [2.45, 2.75) is 26.8 Å². The van der Waals surface area contributed by atoms with Gasteiger partial charge in [-0.3, -0.25) is 9.59 Å². The van der Waals surface area contributed by atoms with Gasteiger partial charge in [0.15, 0.2) is 0 Å². The molecule has 0 aromatic rings. The van der Waals surface area contributed by atoms with Crippen LogP contribution in [0.2, 0.25) is 0 Å². The second-order valence-corrected chi connectivity index (χ2v) is 5.57. The minimum absolute atomic E-state index is 0.0294. The first-order valence-corrected chi connectivity index (χ1v) is 5.98. The molecule has 5 nitrogen and oxygen atoms in total. The summed E-state index contributed by atoms with van der Waals surface area (Å²) in [6, 6.07) is 0.0436. The van der Waals surface area contributed by atoms with E-state index in [0.717, 1.165) is 0 Å². The van der Waals surface area contributed by atoms with Crippen LogP contribution in [0.15, 0.2) is 0 Å². The summed E-state index contributed by atoms with van der Waals surface area (Å²) in [5.41, 5.74) is -0.416. The molecule has 1 N–H and O–H groups in total. The lowest BCUT2D eigenvalue weighted by molar-refractivity contribution is -0.145. The number of carbonyl (C=O) groups is 2. The third-order valence-corrected chi connectivity index (χ3v) is 4.01. The standard InChI is InChI=1S/C12H19NO4/c1-7-6-17-5-4-13(7)10(14)8-9(11(15)16)12(8,2)3/h7-9H,4-6H2,1-3H3,(H,15,16)/t7-,8?,9?/m1/s1. The maximum absolute atomic E-state index is 12.3. The molecule has 0 spiro atoms. The van der Waals surface area contributed by atoms with Gasteiger partial charge in [-0.1, -0.05) is 13.8 Å². The number of aliphatic carboxylic acids is 1. The molecular weight excluding hydrogens is 222 g/mol. The Morgan fingerprint density at radius 1 is 1.35 bits per heavy atom. The van der Waals surface area contributed by atoms with Crippen LogP contribution in [-0.4, -0.2) is 47.7 Å². The summed E-state index contributed by atoms with van der Waals surface area (Å²) in [4.78, 5) is 25.1. The zero-order valence-electron chi connectivity index (χ0n) is 10.5. The van der Waals surface area contributed by atoms with Crippen LogP contribution in [0.1, 0.15) is 20.8 Å². The summed E-state index contributed by atoms with van der Waals surface area (Å²) in [6.45, 7) is 7.28. The van der Waals surface area contributed by atoms with Crippen LogP contribution in [0.3, 0.4) is 0 Å². The Balaban J connectivity index is 2.08. The van der Waals surface area contributed by atoms with Crippen molar-refractivity contribution in [3.05, 3.63) is 0 Å². The van der Waals surface area contributed by atoms with Crippen LogP contribution < -0.4 is 0 Å². The van der Waals surface area contributed by atoms with E-state index in [0.29, 0.717) is 19.8 Å². The lowest BCUT2D eigenvalue weighted by atomic mass is 10.1. The number of morpholine rings is 1. The van der Waals surface area contributed by atoms with Crippen molar-refractivity contribution in [3.63, 3.8) is 0 Å². The van der Waals surface area contributed by atoms with Gasteiger partial charge in [0.25, 0.3) is 0 Å². The first kappa shape index (κ1) is 12.4. The molecule has 0 radical (unpaired) electrons. The smallest absolute Gasteiger partial charge is 0.307 e. The molecule has 0 aromatic heterocycles. The normalized spacial score (nSPS) is 35.5. The molecule has 2 unspecified atom stereocenters. The van der Waals surface area contributed by atoms with E-state index in [1.54, 1.807) is 4.90 Å². The van der Waals surface area contributed by atoms with Gasteiger partial charge in [0.2, 0.25) is 5.91 Å². The number of rotatable bonds is 2. The zero-order chi connectivity index (χ0) is 12.8. The number of carboxylic acid groups (broad SMARTS) is 1. The summed E-state index contributed by atoms with van der Waals surface area (Å²) in [5.74, 6) is -1.81. The third-order valence-electron chi connectivity index (χ3n) is 4.01. The first-order chi connectivity index (χ1) is 7.87. The Labute approximate surface area is 101 Å². The molecule has 0 aromatic carbocycles. The highest BCUT2D eigenvalue weighted by molar-refractivity contribution is 5.91. The van der Waals surface area contributed by atoms with E-state index < -0.39 is 17.3 Å². The van der Waals surface area contributed by atoms with Crippen LogP contribution in [0, 0.1) is 17.3 Å². The number of ether oxygens (including phenoxy) is 1. The quantitative estimate of drug-likeness (QED) is 0.768. The number of carboxylic acids is 1. The van der Waals surface area contributed by atoms with E-state index >= 15 is 0 Å². The van der Waals surface area contributed by atoms with E-state index in [-0.39, 0.29) is 17.9 Å². The Bertz CT molecular complexity index is 352. The Morgan fingerprint density at radius 2 is 2.00 bits per heavy atom. The van der Waals surface area contributed by atoms with Crippen LogP contribution in [-0.2, 0) is 14.3 Å². The fourth-order valence-corrected chi connectivity index (χ4v) is 2.79. The van der Waals surface area contributed by atoms with E-state index in [1.165, 1.54) is 0 Å². The van der Waals surface area contributed by atoms with E-state index in [1.807, 2.05) is 20.8 Å². The number of hydrogen-bond donors (Lipinski definition) is 1. The van der Waals surface area contributed by atoms with Gasteiger partial charge >= 0.3 is 5.97 Å². The number of amides is 1. The molecule has 2 aliphatic rings. The van der Waals surface area contributed by atoms with Gasteiger partial charge in [0.05, 0.1) is 31.1 Å². The van der Waals surface area contributed by atoms with Crippen molar-refractivity contribution in [1.29, 1.82) is 0 Å². The number of hydrogen-bond acceptors (Lipinski definition) is 3. The minimum atomic E-state index is -0.866. The Kier molecular flexibility index (Phi) is 2.89. The molecule has 5 heteroatoms. The van der Waals surface area contributed by atoms with Gasteiger partial charge in [0.1, 0.15) is 0 Å². The SMILES string of the molecule is C[C@@H]1COCCN1C(=O)C1C(C(=O)O)C1(C)C. The first-order valence-electron chi connectivity index (χ1n) is 5.98. The molecule has 96 valence electrons. The van der Waals surface area contributed by atoms with Gasteiger partial charge in [-0.2, -0.15) is 0 Å². The predicted octanol–water partition coefficient (Wildman–Crippen LogP) is 0.590. The summed E-state index contributed by atoms with van der Waals surface area (Å²) in [5, 5.41) is 9.08. The molecule has 1 aliphatic heterocycles. The van der Waals surface area contributed by atoms with Gasteiger partial charge in [-0.15, -0.1) is 0 Å². The molecular formula is C12H19NO4. The zero-order valence-corrected chi connectivity index (χ0v) is 10.5. The van der Waals surface area contributed by atoms with E-state index in [4.69, 9.17) is 9.84 Å². The van der Waals surface area contributed by atoms with Crippen molar-refractivity contribution in [2.75, 3.05) is 19.8 Å². The molecule has 1 aliphatic carbocycles. The van der Waals surface area contributed by atoms with Gasteiger partial charge in [-0.05, 0) is 12.3 Å². The summed E-state index contributed by atoms with van der Waals surface area (Å²) < 4.78 is 5.28. The van der Waals surface area contributed by atoms with Crippen molar-refractivity contribution in [1.82, 2.24) is 4.90 Å². The van der Waals surface area contributed by atoms with Gasteiger partial charge in [0, 0.05) is 6.54 Å². The second kappa shape index (κ2) is 3.98. The van der Waals surface area contributed by atoms with Crippen LogP contribution in [0.4, 0.5) is 0 Å². The topological polar surface area (TPSA) is 66.8 Å². The molecule has 2 rings (SSSR count). The second-order valence-electron chi connectivity index (χ2n) is 5.57. The van der Waals surface area contributed by atoms with Crippen LogP contribution in [0.25, 0.3) is 0 Å². The fourth-order valence-electron chi connectivity index (χ4n) is 2.79. The summed E-state index contributed by atoms with van der Waals surface area (Å²) in [6.07, 6.45) is 0. The van der Waals surface area contributed by atoms with Crippen molar-refractivity contribution in [2.24, 2.45) is 17.3 Å². The monoisotopic (exact) mass is 241 g/mol. The largest absolute Gasteiger partial charge is 0.481 e. The van der Waals surface area contributed by atoms with Crippen molar-refractivity contribution >= 4 is 11.9 Å². The van der Waals surface area contributed by atoms with Crippen LogP contribution >= 0.6 is 0 Å². The maximum atomic E-state index is 12.3. The highest BCUT2D eigenvalue weighted by Crippen LogP contribution is 2.59. The summed E-state index contributed by atoms with van der Waals surface area (Å²) in [7, 11) is 0. The minimum Gasteiger partial charge on any atom is -0.481 e. The third kappa shape index (κ3) is 1.92. The summed E-state index contributed by atoms with van der Waals surface area (Å²) >= 11 is 0. The highest BCUT2D eigenvalue weighted by Gasteiger charge is 2.66. The van der Waals surface area contributed by atoms with Gasteiger partial charge in [-0.25, -0.2) is 0 Å². The molecule has 1 saturated carbocycles. The van der Waals surface area contributed by atoms with Gasteiger partial charge < -0.3 is 14.7 Å². The molecule has 1 amide bonds. The van der Waals surface area contributed by atoms with E-state index in [9.17, 15) is 9.59 Å². The molecule has 1 heterocycles. The predicted molar refractivity (Wildman–Crippen MR) is 60.4 cm³/mol. The lowest BCUT2D eigenvalue weighted by Gasteiger charge is -2.33. The number of nitrogens with zero attached hydrogens (tertiary/aromatic N) is 1. The molecule has 1 saturated heterocycles. The number of carbonyl (C=O) groups excluding carboxylic acids is 1. The van der Waals surface area contributed by atoms with E-state index in [2.05, 4.69) is 0 Å². The maximum Gasteiger partial charge on any atom is 0.307 e. The fraction of sp³-hybridized carbons (Fsp3) is 0.833. The Hall–Kier alpha value is -1.10. The molecule has 0 bridgehead atoms. The molecule has 17 heavy (non-hydrogen) atoms.